The third-order valence-electron chi connectivity index (χ3n) is 15.1. The number of nitrogens with zero attached hydrogens (tertiary/aromatic N) is 2. The maximum Gasteiger partial charge on any atom is 0.160 e. The molecule has 0 heterocycles. The summed E-state index contributed by atoms with van der Waals surface area (Å²) in [5, 5.41) is 0. The second-order valence-electron chi connectivity index (χ2n) is 19.3. The minimum absolute atomic E-state index is 0.482. The van der Waals surface area contributed by atoms with Crippen LogP contribution in [-0.2, 0) is 5.41 Å². The van der Waals surface area contributed by atoms with Gasteiger partial charge in [0.15, 0.2) is 5.84 Å². The molecule has 13 rings (SSSR count). The van der Waals surface area contributed by atoms with Crippen molar-refractivity contribution >= 4 is 17.2 Å². The second-order valence-corrected chi connectivity index (χ2v) is 19.3. The van der Waals surface area contributed by atoms with Gasteiger partial charge in [-0.05, 0) is 136 Å². The lowest BCUT2D eigenvalue weighted by Gasteiger charge is -2.31. The van der Waals surface area contributed by atoms with E-state index in [9.17, 15) is 0 Å². The van der Waals surface area contributed by atoms with Crippen molar-refractivity contribution in [2.24, 2.45) is 9.98 Å². The predicted molar refractivity (Wildman–Crippen MR) is 315 cm³/mol. The van der Waals surface area contributed by atoms with Gasteiger partial charge in [0.2, 0.25) is 0 Å². The van der Waals surface area contributed by atoms with Crippen molar-refractivity contribution in [3.05, 3.63) is 331 Å². The summed E-state index contributed by atoms with van der Waals surface area (Å²) in [6.45, 7) is 8.67. The molecule has 0 N–H and O–H groups in total. The molecule has 0 atom stereocenters. The first kappa shape index (κ1) is 45.1. The van der Waals surface area contributed by atoms with Crippen molar-refractivity contribution in [2.45, 2.75) is 5.41 Å². The third-order valence-corrected chi connectivity index (χ3v) is 15.1. The van der Waals surface area contributed by atoms with E-state index in [-0.39, 0.29) is 0 Å². The maximum absolute atomic E-state index is 5.24. The van der Waals surface area contributed by atoms with Crippen LogP contribution in [0.4, 0.5) is 0 Å². The lowest BCUT2D eigenvalue weighted by atomic mass is 9.70. The molecule has 1 spiro atoms. The van der Waals surface area contributed by atoms with Crippen molar-refractivity contribution in [1.82, 2.24) is 0 Å². The third kappa shape index (κ3) is 7.92. The summed E-state index contributed by atoms with van der Waals surface area (Å²) < 4.78 is 0. The number of aliphatic imine (C=N–C) groups is 2. The average Bonchev–Trinajstić information content (AvgIpc) is 4.17. The number of hydrogen-bond acceptors (Lipinski definition) is 1. The Hall–Kier alpha value is -9.76. The Bertz CT molecular complexity index is 4000. The van der Waals surface area contributed by atoms with Crippen LogP contribution in [0, 0.1) is 0 Å². The minimum atomic E-state index is -0.482. The highest BCUT2D eigenvalue weighted by molar-refractivity contribution is 6.17. The fourth-order valence-corrected chi connectivity index (χ4v) is 11.6. The van der Waals surface area contributed by atoms with E-state index >= 15 is 0 Å². The van der Waals surface area contributed by atoms with Crippen LogP contribution < -0.4 is 0 Å². The second kappa shape index (κ2) is 19.0. The number of rotatable bonds is 10. The number of amidine groups is 1. The van der Waals surface area contributed by atoms with Gasteiger partial charge in [0, 0.05) is 11.1 Å². The van der Waals surface area contributed by atoms with Gasteiger partial charge in [-0.1, -0.05) is 262 Å². The molecule has 75 heavy (non-hydrogen) atoms. The van der Waals surface area contributed by atoms with Gasteiger partial charge in [-0.25, -0.2) is 9.98 Å². The van der Waals surface area contributed by atoms with Crippen molar-refractivity contribution in [1.29, 1.82) is 0 Å². The smallest absolute Gasteiger partial charge is 0.160 e. The van der Waals surface area contributed by atoms with E-state index in [1.165, 1.54) is 66.8 Å². The van der Waals surface area contributed by atoms with E-state index < -0.39 is 5.41 Å². The fraction of sp³-hybridized carbons (Fsp3) is 0.0137. The molecule has 0 amide bonds. The Morgan fingerprint density at radius 2 is 0.720 bits per heavy atom. The standard InChI is InChI=1S/C73H50N2/c1-3-71(56-25-11-6-12-26-56)75-72(74-49(2)50-37-39-53(40-38-50)51-21-7-4-8-22-51)60-30-20-28-58(46-60)57-27-19-29-59(45-57)65-48-70-66(47-64(65)55-43-41-54(42-44-55)52-23-9-5-10-24-52)63-33-15-18-36-69(63)73(70)67-34-16-13-31-61(67)62-32-14-17-35-68(62)73/h3-48H,1-2H2. The molecule has 2 aliphatic carbocycles. The molecular weight excluding hydrogens is 905 g/mol. The molecule has 11 aromatic rings. The maximum atomic E-state index is 5.24. The topological polar surface area (TPSA) is 24.7 Å². The number of benzene rings is 11. The molecular formula is C73H50N2. The van der Waals surface area contributed by atoms with Gasteiger partial charge in [-0.3, -0.25) is 0 Å². The Kier molecular flexibility index (Phi) is 11.4. The van der Waals surface area contributed by atoms with Crippen LogP contribution >= 0.6 is 0 Å². The van der Waals surface area contributed by atoms with Gasteiger partial charge >= 0.3 is 0 Å². The van der Waals surface area contributed by atoms with Gasteiger partial charge in [0.25, 0.3) is 0 Å². The van der Waals surface area contributed by atoms with Gasteiger partial charge in [-0.2, -0.15) is 0 Å². The lowest BCUT2D eigenvalue weighted by Crippen LogP contribution is -2.25. The van der Waals surface area contributed by atoms with Gasteiger partial charge in [0.05, 0.1) is 16.8 Å². The highest BCUT2D eigenvalue weighted by Crippen LogP contribution is 2.63. The van der Waals surface area contributed by atoms with Crippen LogP contribution in [0.5, 0.6) is 0 Å². The Labute approximate surface area is 439 Å². The minimum Gasteiger partial charge on any atom is -0.229 e. The summed E-state index contributed by atoms with van der Waals surface area (Å²) >= 11 is 0. The highest BCUT2D eigenvalue weighted by atomic mass is 14.9. The molecule has 2 heteroatoms. The van der Waals surface area contributed by atoms with Crippen LogP contribution in [0.15, 0.2) is 302 Å². The Morgan fingerprint density at radius 1 is 0.293 bits per heavy atom. The van der Waals surface area contributed by atoms with E-state index in [2.05, 4.69) is 250 Å². The van der Waals surface area contributed by atoms with Crippen molar-refractivity contribution in [3.8, 4) is 77.9 Å². The molecule has 352 valence electrons. The van der Waals surface area contributed by atoms with Crippen molar-refractivity contribution in [3.63, 3.8) is 0 Å². The first-order valence-corrected chi connectivity index (χ1v) is 25.6. The van der Waals surface area contributed by atoms with E-state index in [0.29, 0.717) is 11.5 Å². The first-order valence-electron chi connectivity index (χ1n) is 25.6. The largest absolute Gasteiger partial charge is 0.229 e. The van der Waals surface area contributed by atoms with Crippen molar-refractivity contribution in [2.75, 3.05) is 0 Å². The predicted octanol–water partition coefficient (Wildman–Crippen LogP) is 18.5. The summed E-state index contributed by atoms with van der Waals surface area (Å²) in [5.74, 6) is 0.547. The number of fused-ring (bicyclic) bond motifs is 10. The van der Waals surface area contributed by atoms with Crippen molar-refractivity contribution < 1.29 is 0 Å². The Morgan fingerprint density at radius 3 is 1.31 bits per heavy atom. The van der Waals surface area contributed by atoms with Crippen LogP contribution in [0.25, 0.3) is 83.6 Å². The summed E-state index contributed by atoms with van der Waals surface area (Å²) in [7, 11) is 0. The molecule has 0 fully saturated rings. The molecule has 0 aliphatic heterocycles. The normalized spacial score (nSPS) is 12.9. The summed E-state index contributed by atoms with van der Waals surface area (Å²) in [4.78, 5) is 10.4. The molecule has 0 saturated carbocycles. The van der Waals surface area contributed by atoms with Crippen LogP contribution in [0.3, 0.4) is 0 Å². The quantitative estimate of drug-likeness (QED) is 0.0964. The zero-order chi connectivity index (χ0) is 50.3. The van der Waals surface area contributed by atoms with Gasteiger partial charge in [-0.15, -0.1) is 0 Å². The molecule has 0 bridgehead atoms. The fourth-order valence-electron chi connectivity index (χ4n) is 11.6. The lowest BCUT2D eigenvalue weighted by molar-refractivity contribution is 0.794. The zero-order valence-electron chi connectivity index (χ0n) is 41.4. The molecule has 2 aliphatic rings. The monoisotopic (exact) mass is 954 g/mol. The summed E-state index contributed by atoms with van der Waals surface area (Å²) in [6, 6.07) is 98.3. The number of allylic oxidation sites excluding steroid dienone is 1. The molecule has 0 radical (unpaired) electrons. The van der Waals surface area contributed by atoms with E-state index in [1.54, 1.807) is 6.08 Å². The summed E-state index contributed by atoms with van der Waals surface area (Å²) in [6.07, 6.45) is 1.80. The molecule has 0 saturated heterocycles. The Balaban J connectivity index is 0.961. The SMILES string of the molecule is C=CC(=NC(=NC(=C)c1ccc(-c2ccccc2)cc1)c1cccc(-c2cccc(-c3cc4c(cc3-c3ccc(-c5ccccc5)cc3)-c3ccccc3C43c4ccccc4-c4ccccc43)c2)c1)c1ccccc1. The molecule has 2 nitrogen and oxygen atoms in total. The van der Waals surface area contributed by atoms with E-state index in [1.807, 2.05) is 36.4 Å². The highest BCUT2D eigenvalue weighted by Gasteiger charge is 2.51. The van der Waals surface area contributed by atoms with E-state index in [4.69, 9.17) is 9.98 Å². The first-order chi connectivity index (χ1) is 37.0. The molecule has 0 unspecified atom stereocenters. The van der Waals surface area contributed by atoms with E-state index in [0.717, 1.165) is 55.8 Å². The molecule has 0 aromatic heterocycles. The molecule has 11 aromatic carbocycles. The summed E-state index contributed by atoms with van der Waals surface area (Å²) in [5.41, 5.74) is 25.5. The average molecular weight is 955 g/mol. The van der Waals surface area contributed by atoms with Crippen LogP contribution in [0.1, 0.15) is 38.9 Å². The van der Waals surface area contributed by atoms with Crippen LogP contribution in [-0.4, -0.2) is 11.5 Å². The van der Waals surface area contributed by atoms with Gasteiger partial charge < -0.3 is 0 Å². The van der Waals surface area contributed by atoms with Crippen LogP contribution in [0.2, 0.25) is 0 Å². The number of hydrogen-bond donors (Lipinski definition) is 0. The van der Waals surface area contributed by atoms with Gasteiger partial charge in [0.1, 0.15) is 0 Å². The zero-order valence-corrected chi connectivity index (χ0v) is 41.4.